The third-order valence-electron chi connectivity index (χ3n) is 5.72. The smallest absolute Gasteiger partial charge is 0.322 e. The van der Waals surface area contributed by atoms with Crippen LogP contribution in [-0.2, 0) is 6.42 Å². The van der Waals surface area contributed by atoms with Crippen LogP contribution in [0, 0.1) is 5.82 Å². The van der Waals surface area contributed by atoms with Gasteiger partial charge in [-0.3, -0.25) is 10.9 Å². The quantitative estimate of drug-likeness (QED) is 0.234. The van der Waals surface area contributed by atoms with Gasteiger partial charge < -0.3 is 18.9 Å². The van der Waals surface area contributed by atoms with Crippen LogP contribution >= 0.6 is 23.2 Å². The highest BCUT2D eigenvalue weighted by Crippen LogP contribution is 2.36. The highest BCUT2D eigenvalue weighted by Gasteiger charge is 2.22. The van der Waals surface area contributed by atoms with E-state index >= 15 is 4.39 Å². The number of hydrogen-bond donors (Lipinski definition) is 2. The Hall–Kier alpha value is -4.23. The molecular formula is C25H25Cl2FN8O4. The van der Waals surface area contributed by atoms with Crippen LogP contribution in [0.1, 0.15) is 35.6 Å². The van der Waals surface area contributed by atoms with Gasteiger partial charge in [-0.2, -0.15) is 19.9 Å². The lowest BCUT2D eigenvalue weighted by molar-refractivity contribution is 0.335. The molecule has 0 fully saturated rings. The third-order valence-corrected chi connectivity index (χ3v) is 6.53. The Balaban J connectivity index is 1.68. The zero-order chi connectivity index (χ0) is 28.8. The van der Waals surface area contributed by atoms with E-state index in [0.29, 0.717) is 28.5 Å². The molecular weight excluding hydrogens is 566 g/mol. The maximum atomic E-state index is 15.2. The van der Waals surface area contributed by atoms with Crippen LogP contribution < -0.4 is 29.8 Å². The van der Waals surface area contributed by atoms with Crippen molar-refractivity contribution >= 4 is 34.6 Å². The van der Waals surface area contributed by atoms with Crippen molar-refractivity contribution in [3.8, 4) is 24.0 Å². The van der Waals surface area contributed by atoms with Crippen molar-refractivity contribution in [1.82, 2.24) is 29.9 Å². The van der Waals surface area contributed by atoms with Gasteiger partial charge in [0, 0.05) is 12.3 Å². The number of methoxy groups -OCH3 is 4. The summed E-state index contributed by atoms with van der Waals surface area (Å²) in [6.45, 7) is 1.81. The molecule has 4 rings (SSSR count). The normalized spacial score (nSPS) is 11.5. The maximum absolute atomic E-state index is 15.2. The molecule has 4 aromatic rings. The molecule has 2 aromatic carbocycles. The molecule has 40 heavy (non-hydrogen) atoms. The van der Waals surface area contributed by atoms with E-state index in [1.807, 2.05) is 6.92 Å². The first-order valence-electron chi connectivity index (χ1n) is 11.7. The first kappa shape index (κ1) is 28.8. The molecule has 0 aliphatic carbocycles. The fourth-order valence-electron chi connectivity index (χ4n) is 3.71. The van der Waals surface area contributed by atoms with Gasteiger partial charge >= 0.3 is 24.0 Å². The van der Waals surface area contributed by atoms with Crippen LogP contribution in [-0.4, -0.2) is 58.3 Å². The lowest BCUT2D eigenvalue weighted by atomic mass is 9.98. The number of nitrogens with zero attached hydrogens (tertiary/aromatic N) is 6. The van der Waals surface area contributed by atoms with E-state index in [1.54, 1.807) is 24.3 Å². The summed E-state index contributed by atoms with van der Waals surface area (Å²) in [5, 5.41) is 0.490. The van der Waals surface area contributed by atoms with Gasteiger partial charge in [0.05, 0.1) is 49.9 Å². The van der Waals surface area contributed by atoms with Crippen LogP contribution in [0.25, 0.3) is 0 Å². The van der Waals surface area contributed by atoms with Crippen LogP contribution in [0.5, 0.6) is 24.0 Å². The zero-order valence-electron chi connectivity index (χ0n) is 22.1. The minimum atomic E-state index is -0.531. The number of hydrogen-bond acceptors (Lipinski definition) is 12. The summed E-state index contributed by atoms with van der Waals surface area (Å²) >= 11 is 12.9. The monoisotopic (exact) mass is 590 g/mol. The standard InChI is InChI=1S/C25H25Cl2FN8O4/c1-12(21-31-24(39-4)34-25(32-21)40-5)14-7-6-8-16(28)20(14)36-35-19-13(9-10-15(26)18(19)27)11-17-29-22(37-2)33-23(30-17)38-3/h6-10,12,35-36H,11H2,1-5H3. The first-order chi connectivity index (χ1) is 19.3. The molecule has 15 heteroatoms. The number of benzene rings is 2. The molecule has 12 nitrogen and oxygen atoms in total. The van der Waals surface area contributed by atoms with E-state index in [1.165, 1.54) is 34.5 Å². The molecule has 0 saturated carbocycles. The summed E-state index contributed by atoms with van der Waals surface area (Å²) in [6.07, 6.45) is 0.196. The summed E-state index contributed by atoms with van der Waals surface area (Å²) in [7, 11) is 5.73. The van der Waals surface area contributed by atoms with E-state index in [0.717, 1.165) is 0 Å². The molecule has 2 aromatic heterocycles. The van der Waals surface area contributed by atoms with E-state index < -0.39 is 11.7 Å². The van der Waals surface area contributed by atoms with E-state index in [-0.39, 0.29) is 46.2 Å². The Labute approximate surface area is 239 Å². The van der Waals surface area contributed by atoms with Crippen molar-refractivity contribution in [2.45, 2.75) is 19.3 Å². The molecule has 1 atom stereocenters. The van der Waals surface area contributed by atoms with Crippen molar-refractivity contribution < 1.29 is 23.3 Å². The summed E-state index contributed by atoms with van der Waals surface area (Å²) < 4.78 is 35.8. The number of anilines is 2. The molecule has 0 spiro atoms. The Kier molecular flexibility index (Phi) is 9.17. The number of nitrogens with one attached hydrogen (secondary N) is 2. The molecule has 0 amide bonds. The highest BCUT2D eigenvalue weighted by molar-refractivity contribution is 6.43. The number of hydrazine groups is 1. The van der Waals surface area contributed by atoms with Crippen molar-refractivity contribution in [3.63, 3.8) is 0 Å². The third kappa shape index (κ3) is 6.32. The number of ether oxygens (including phenoxy) is 4. The highest BCUT2D eigenvalue weighted by atomic mass is 35.5. The van der Waals surface area contributed by atoms with E-state index in [4.69, 9.17) is 42.1 Å². The second-order valence-electron chi connectivity index (χ2n) is 8.14. The van der Waals surface area contributed by atoms with E-state index in [9.17, 15) is 0 Å². The van der Waals surface area contributed by atoms with Crippen LogP contribution in [0.4, 0.5) is 15.8 Å². The van der Waals surface area contributed by atoms with Gasteiger partial charge in [0.2, 0.25) is 0 Å². The Bertz CT molecular complexity index is 1470. The number of halogens is 3. The minimum absolute atomic E-state index is 0.0691. The fourth-order valence-corrected chi connectivity index (χ4v) is 4.10. The molecule has 0 bridgehead atoms. The van der Waals surface area contributed by atoms with Gasteiger partial charge in [-0.15, -0.1) is 9.97 Å². The lowest BCUT2D eigenvalue weighted by Gasteiger charge is -2.21. The van der Waals surface area contributed by atoms with Gasteiger partial charge in [0.25, 0.3) is 0 Å². The first-order valence-corrected chi connectivity index (χ1v) is 12.5. The maximum Gasteiger partial charge on any atom is 0.322 e. The van der Waals surface area contributed by atoms with Crippen LogP contribution in [0.2, 0.25) is 10.0 Å². The Morgan fingerprint density at radius 2 is 1.30 bits per heavy atom. The average molecular weight is 591 g/mol. The summed E-state index contributed by atoms with van der Waals surface area (Å²) in [4.78, 5) is 25.2. The van der Waals surface area contributed by atoms with Gasteiger partial charge in [0.15, 0.2) is 0 Å². The molecule has 0 aliphatic rings. The number of aromatic nitrogens is 6. The van der Waals surface area contributed by atoms with Gasteiger partial charge in [0.1, 0.15) is 17.5 Å². The summed E-state index contributed by atoms with van der Waals surface area (Å²) in [5.41, 5.74) is 7.66. The van der Waals surface area contributed by atoms with Crippen molar-refractivity contribution in [2.24, 2.45) is 0 Å². The second-order valence-corrected chi connectivity index (χ2v) is 8.93. The fraction of sp³-hybridized carbons (Fsp3) is 0.280. The average Bonchev–Trinajstić information content (AvgIpc) is 2.98. The minimum Gasteiger partial charge on any atom is -0.467 e. The number of para-hydroxylation sites is 1. The predicted molar refractivity (Wildman–Crippen MR) is 146 cm³/mol. The zero-order valence-corrected chi connectivity index (χ0v) is 23.6. The van der Waals surface area contributed by atoms with Crippen LogP contribution in [0.15, 0.2) is 30.3 Å². The van der Waals surface area contributed by atoms with Crippen LogP contribution in [0.3, 0.4) is 0 Å². The van der Waals surface area contributed by atoms with Gasteiger partial charge in [-0.25, -0.2) is 4.39 Å². The molecule has 2 heterocycles. The summed E-state index contributed by atoms with van der Waals surface area (Å²) in [6, 6.07) is 8.34. The Morgan fingerprint density at radius 1 is 0.750 bits per heavy atom. The van der Waals surface area contributed by atoms with Crippen molar-refractivity contribution in [3.05, 3.63) is 69.0 Å². The molecule has 0 aliphatic heterocycles. The van der Waals surface area contributed by atoms with Gasteiger partial charge in [-0.1, -0.05) is 48.3 Å². The predicted octanol–water partition coefficient (Wildman–Crippen LogP) is 4.72. The Morgan fingerprint density at radius 3 is 1.88 bits per heavy atom. The van der Waals surface area contributed by atoms with Crippen molar-refractivity contribution in [2.75, 3.05) is 39.3 Å². The number of rotatable bonds is 11. The largest absolute Gasteiger partial charge is 0.467 e. The summed E-state index contributed by atoms with van der Waals surface area (Å²) in [5.74, 6) is -0.360. The topological polar surface area (TPSA) is 138 Å². The van der Waals surface area contributed by atoms with E-state index in [2.05, 4.69) is 40.8 Å². The molecule has 0 saturated heterocycles. The molecule has 1 unspecified atom stereocenters. The van der Waals surface area contributed by atoms with Gasteiger partial charge in [-0.05, 0) is 23.3 Å². The lowest BCUT2D eigenvalue weighted by Crippen LogP contribution is -2.16. The van der Waals surface area contributed by atoms with Crippen molar-refractivity contribution in [1.29, 1.82) is 0 Å². The SMILES string of the molecule is COc1nc(Cc2ccc(Cl)c(Cl)c2NNc2c(F)cccc2C(C)c2nc(OC)nc(OC)n2)nc(OC)n1. The second kappa shape index (κ2) is 12.7. The molecule has 0 radical (unpaired) electrons. The molecule has 210 valence electrons. The molecule has 2 N–H and O–H groups in total.